The van der Waals surface area contributed by atoms with Crippen LogP contribution in [0.4, 0.5) is 18.9 Å². The van der Waals surface area contributed by atoms with Gasteiger partial charge in [-0.25, -0.2) is 13.2 Å². The topological polar surface area (TPSA) is 29.1 Å². The molecule has 0 radical (unpaired) electrons. The highest BCUT2D eigenvalue weighted by atomic mass is 79.9. The van der Waals surface area contributed by atoms with Crippen LogP contribution >= 0.6 is 15.9 Å². The van der Waals surface area contributed by atoms with Crippen molar-refractivity contribution >= 4 is 27.5 Å². The molecule has 1 atom stereocenters. The summed E-state index contributed by atoms with van der Waals surface area (Å²) < 4.78 is 40.6. The molecule has 0 aromatic heterocycles. The summed E-state index contributed by atoms with van der Waals surface area (Å²) in [6, 6.07) is 7.58. The van der Waals surface area contributed by atoms with Crippen molar-refractivity contribution in [1.29, 1.82) is 0 Å². The van der Waals surface area contributed by atoms with E-state index in [2.05, 4.69) is 21.2 Å². The number of fused-ring (bicyclic) bond motifs is 1. The Morgan fingerprint density at radius 3 is 2.55 bits per heavy atom. The molecule has 0 heterocycles. The minimum absolute atomic E-state index is 0.346. The van der Waals surface area contributed by atoms with E-state index in [0.29, 0.717) is 12.8 Å². The number of hydrogen-bond donors (Lipinski definition) is 1. The SMILES string of the molecule is O=C(Nc1ccc(F)c(F)c1F)C1Cc2ccc(Br)cc2C1. The van der Waals surface area contributed by atoms with Gasteiger partial charge < -0.3 is 5.32 Å². The van der Waals surface area contributed by atoms with Crippen molar-refractivity contribution in [3.63, 3.8) is 0 Å². The van der Waals surface area contributed by atoms with E-state index >= 15 is 0 Å². The van der Waals surface area contributed by atoms with E-state index in [0.717, 1.165) is 27.7 Å². The summed E-state index contributed by atoms with van der Waals surface area (Å²) in [5, 5.41) is 2.34. The van der Waals surface area contributed by atoms with Crippen molar-refractivity contribution in [3.8, 4) is 0 Å². The Kier molecular flexibility index (Phi) is 3.95. The standard InChI is InChI=1S/C16H11BrF3NO/c17-11-2-1-8-5-10(6-9(8)7-11)16(22)21-13-4-3-12(18)14(19)15(13)20/h1-4,7,10H,5-6H2,(H,21,22). The molecule has 0 bridgehead atoms. The average Bonchev–Trinajstić information content (AvgIpc) is 2.91. The van der Waals surface area contributed by atoms with Crippen molar-refractivity contribution in [2.24, 2.45) is 5.92 Å². The molecule has 22 heavy (non-hydrogen) atoms. The fraction of sp³-hybridized carbons (Fsp3) is 0.188. The minimum atomic E-state index is -1.59. The molecule has 0 aliphatic heterocycles. The maximum atomic E-state index is 13.6. The van der Waals surface area contributed by atoms with Crippen LogP contribution in [-0.2, 0) is 17.6 Å². The second-order valence-electron chi connectivity index (χ2n) is 5.23. The molecule has 1 unspecified atom stereocenters. The van der Waals surface area contributed by atoms with Gasteiger partial charge in [-0.15, -0.1) is 0 Å². The molecule has 6 heteroatoms. The van der Waals surface area contributed by atoms with Gasteiger partial charge in [0.15, 0.2) is 17.5 Å². The first-order valence-corrected chi connectivity index (χ1v) is 7.46. The van der Waals surface area contributed by atoms with Crippen LogP contribution in [0, 0.1) is 23.4 Å². The summed E-state index contributed by atoms with van der Waals surface area (Å²) in [4.78, 5) is 12.2. The molecular formula is C16H11BrF3NO. The van der Waals surface area contributed by atoms with Gasteiger partial charge in [0.2, 0.25) is 5.91 Å². The maximum absolute atomic E-state index is 13.6. The van der Waals surface area contributed by atoms with Crippen LogP contribution < -0.4 is 5.32 Å². The van der Waals surface area contributed by atoms with Crippen LogP contribution in [0.25, 0.3) is 0 Å². The molecule has 0 saturated carbocycles. The summed E-state index contributed by atoms with van der Waals surface area (Å²) in [7, 11) is 0. The molecule has 1 N–H and O–H groups in total. The molecule has 0 saturated heterocycles. The van der Waals surface area contributed by atoms with Crippen LogP contribution in [0.2, 0.25) is 0 Å². The van der Waals surface area contributed by atoms with Crippen molar-refractivity contribution in [2.45, 2.75) is 12.8 Å². The molecule has 2 aromatic rings. The largest absolute Gasteiger partial charge is 0.323 e. The Morgan fingerprint density at radius 1 is 1.05 bits per heavy atom. The van der Waals surface area contributed by atoms with Gasteiger partial charge in [0.1, 0.15) is 0 Å². The number of carbonyl (C=O) groups is 1. The number of anilines is 1. The Morgan fingerprint density at radius 2 is 1.77 bits per heavy atom. The molecule has 1 aliphatic rings. The number of halogens is 4. The zero-order valence-corrected chi connectivity index (χ0v) is 12.9. The van der Waals surface area contributed by atoms with Crippen LogP contribution in [0.3, 0.4) is 0 Å². The van der Waals surface area contributed by atoms with Gasteiger partial charge >= 0.3 is 0 Å². The number of amides is 1. The third kappa shape index (κ3) is 2.75. The van der Waals surface area contributed by atoms with Crippen LogP contribution in [-0.4, -0.2) is 5.91 Å². The summed E-state index contributed by atoms with van der Waals surface area (Å²) in [5.41, 5.74) is 1.77. The third-order valence-electron chi connectivity index (χ3n) is 3.76. The molecule has 1 amide bonds. The number of hydrogen-bond acceptors (Lipinski definition) is 1. The number of nitrogens with one attached hydrogen (secondary N) is 1. The fourth-order valence-corrected chi connectivity index (χ4v) is 3.04. The summed E-state index contributed by atoms with van der Waals surface area (Å²) in [6.45, 7) is 0. The van der Waals surface area contributed by atoms with E-state index in [1.54, 1.807) is 0 Å². The molecular weight excluding hydrogens is 359 g/mol. The van der Waals surface area contributed by atoms with Gasteiger partial charge in [0, 0.05) is 10.4 Å². The van der Waals surface area contributed by atoms with Gasteiger partial charge in [-0.2, -0.15) is 0 Å². The van der Waals surface area contributed by atoms with Crippen molar-refractivity contribution in [2.75, 3.05) is 5.32 Å². The molecule has 0 spiro atoms. The van der Waals surface area contributed by atoms with E-state index in [1.807, 2.05) is 18.2 Å². The normalized spacial score (nSPS) is 16.5. The fourth-order valence-electron chi connectivity index (χ4n) is 2.63. The van der Waals surface area contributed by atoms with E-state index < -0.39 is 23.4 Å². The zero-order valence-electron chi connectivity index (χ0n) is 11.3. The van der Waals surface area contributed by atoms with Crippen LogP contribution in [0.15, 0.2) is 34.8 Å². The van der Waals surface area contributed by atoms with Gasteiger partial charge in [0.25, 0.3) is 0 Å². The van der Waals surface area contributed by atoms with Gasteiger partial charge in [-0.1, -0.05) is 22.0 Å². The van der Waals surface area contributed by atoms with Crippen molar-refractivity contribution < 1.29 is 18.0 Å². The van der Waals surface area contributed by atoms with Crippen molar-refractivity contribution in [3.05, 3.63) is 63.4 Å². The lowest BCUT2D eigenvalue weighted by Crippen LogP contribution is -2.24. The lowest BCUT2D eigenvalue weighted by Gasteiger charge is -2.11. The van der Waals surface area contributed by atoms with Gasteiger partial charge in [-0.05, 0) is 48.2 Å². The van der Waals surface area contributed by atoms with Gasteiger partial charge in [-0.3, -0.25) is 4.79 Å². The maximum Gasteiger partial charge on any atom is 0.228 e. The van der Waals surface area contributed by atoms with Gasteiger partial charge in [0.05, 0.1) is 5.69 Å². The summed E-state index contributed by atoms with van der Waals surface area (Å²) in [5.74, 6) is -5.01. The zero-order chi connectivity index (χ0) is 15.9. The highest BCUT2D eigenvalue weighted by molar-refractivity contribution is 9.10. The summed E-state index contributed by atoms with van der Waals surface area (Å²) >= 11 is 3.37. The molecule has 0 fully saturated rings. The Balaban J connectivity index is 1.76. The Bertz CT molecular complexity index is 763. The first-order valence-electron chi connectivity index (χ1n) is 6.67. The minimum Gasteiger partial charge on any atom is -0.323 e. The monoisotopic (exact) mass is 369 g/mol. The second kappa shape index (κ2) is 5.76. The summed E-state index contributed by atoms with van der Waals surface area (Å²) in [6.07, 6.45) is 1.08. The number of rotatable bonds is 2. The molecule has 2 nitrogen and oxygen atoms in total. The first-order chi connectivity index (χ1) is 10.5. The quantitative estimate of drug-likeness (QED) is 0.789. The second-order valence-corrected chi connectivity index (χ2v) is 6.15. The number of carbonyl (C=O) groups excluding carboxylic acids is 1. The third-order valence-corrected chi connectivity index (χ3v) is 4.26. The molecule has 114 valence electrons. The van der Waals surface area contributed by atoms with E-state index in [-0.39, 0.29) is 11.6 Å². The molecule has 3 rings (SSSR count). The van der Waals surface area contributed by atoms with E-state index in [1.165, 1.54) is 0 Å². The average molecular weight is 370 g/mol. The predicted octanol–water partition coefficient (Wildman–Crippen LogP) is 4.22. The highest BCUT2D eigenvalue weighted by Crippen LogP contribution is 2.30. The Hall–Kier alpha value is -1.82. The molecule has 2 aromatic carbocycles. The van der Waals surface area contributed by atoms with Crippen LogP contribution in [0.1, 0.15) is 11.1 Å². The molecule has 1 aliphatic carbocycles. The number of benzene rings is 2. The first kappa shape index (κ1) is 15.1. The highest BCUT2D eigenvalue weighted by Gasteiger charge is 2.28. The van der Waals surface area contributed by atoms with E-state index in [9.17, 15) is 18.0 Å². The lowest BCUT2D eigenvalue weighted by molar-refractivity contribution is -0.119. The van der Waals surface area contributed by atoms with Crippen LogP contribution in [0.5, 0.6) is 0 Å². The smallest absolute Gasteiger partial charge is 0.228 e. The van der Waals surface area contributed by atoms with E-state index in [4.69, 9.17) is 0 Å². The predicted molar refractivity (Wildman–Crippen MR) is 80.0 cm³/mol. The van der Waals surface area contributed by atoms with Crippen molar-refractivity contribution in [1.82, 2.24) is 0 Å². The lowest BCUT2D eigenvalue weighted by atomic mass is 10.1. The Labute approximate surface area is 133 Å².